The van der Waals surface area contributed by atoms with Crippen LogP contribution in [0.25, 0.3) is 0 Å². The molecule has 0 aliphatic carbocycles. The smallest absolute Gasteiger partial charge is 0.262 e. The van der Waals surface area contributed by atoms with Crippen molar-refractivity contribution in [3.63, 3.8) is 0 Å². The maximum Gasteiger partial charge on any atom is 0.262 e. The highest BCUT2D eigenvalue weighted by Gasteiger charge is 2.18. The molecule has 1 saturated heterocycles. The Hall–Kier alpha value is -2.60. The number of aryl methyl sites for hydroxylation is 2. The number of benzene rings is 1. The molecule has 6 heteroatoms. The normalized spacial score (nSPS) is 15.4. The van der Waals surface area contributed by atoms with Gasteiger partial charge >= 0.3 is 0 Å². The quantitative estimate of drug-likeness (QED) is 0.847. The van der Waals surface area contributed by atoms with Gasteiger partial charge in [0.05, 0.1) is 11.9 Å². The number of rotatable bonds is 6. The van der Waals surface area contributed by atoms with Crippen LogP contribution in [-0.2, 0) is 4.79 Å². The minimum absolute atomic E-state index is 0.0435. The van der Waals surface area contributed by atoms with Gasteiger partial charge in [-0.05, 0) is 57.0 Å². The number of likely N-dealkylation sites (tertiary alicyclic amines) is 1. The summed E-state index contributed by atoms with van der Waals surface area (Å²) in [4.78, 5) is 18.7. The van der Waals surface area contributed by atoms with E-state index in [0.717, 1.165) is 42.8 Å². The van der Waals surface area contributed by atoms with Gasteiger partial charge in [-0.25, -0.2) is 4.98 Å². The van der Waals surface area contributed by atoms with E-state index in [1.165, 1.54) is 0 Å². The predicted octanol–water partition coefficient (Wildman–Crippen LogP) is 3.19. The lowest BCUT2D eigenvalue weighted by Crippen LogP contribution is -2.35. The molecule has 1 aliphatic rings. The molecule has 0 radical (unpaired) electrons. The average molecular weight is 369 g/mol. The molecule has 0 bridgehead atoms. The standard InChI is InChI=1S/C21H27N3O3/c1-15-4-5-16(2)19(12-15)26-14-20(25)23-17-6-7-21(22-13-17)27-18-8-10-24(3)11-9-18/h4-7,12-13,18H,8-11,14H2,1-3H3,(H,23,25). The van der Waals surface area contributed by atoms with E-state index in [1.807, 2.05) is 32.0 Å². The molecule has 1 amide bonds. The van der Waals surface area contributed by atoms with Gasteiger partial charge in [0.15, 0.2) is 6.61 Å². The number of pyridine rings is 1. The topological polar surface area (TPSA) is 63.7 Å². The van der Waals surface area contributed by atoms with E-state index in [0.29, 0.717) is 11.6 Å². The molecule has 0 atom stereocenters. The van der Waals surface area contributed by atoms with Crippen LogP contribution in [-0.4, -0.2) is 48.6 Å². The van der Waals surface area contributed by atoms with E-state index >= 15 is 0 Å². The molecule has 2 heterocycles. The predicted molar refractivity (Wildman–Crippen MR) is 105 cm³/mol. The third-order valence-electron chi connectivity index (χ3n) is 4.68. The summed E-state index contributed by atoms with van der Waals surface area (Å²) in [6.45, 7) is 5.99. The van der Waals surface area contributed by atoms with Crippen molar-refractivity contribution in [2.75, 3.05) is 32.1 Å². The fourth-order valence-corrected chi connectivity index (χ4v) is 3.00. The highest BCUT2D eigenvalue weighted by Crippen LogP contribution is 2.20. The van der Waals surface area contributed by atoms with Crippen molar-refractivity contribution in [1.82, 2.24) is 9.88 Å². The van der Waals surface area contributed by atoms with E-state index in [-0.39, 0.29) is 18.6 Å². The van der Waals surface area contributed by atoms with Crippen LogP contribution < -0.4 is 14.8 Å². The highest BCUT2D eigenvalue weighted by atomic mass is 16.5. The van der Waals surface area contributed by atoms with Gasteiger partial charge in [0.2, 0.25) is 5.88 Å². The van der Waals surface area contributed by atoms with E-state index in [9.17, 15) is 4.79 Å². The Morgan fingerprint density at radius 3 is 2.70 bits per heavy atom. The molecule has 0 saturated carbocycles. The van der Waals surface area contributed by atoms with Gasteiger partial charge in [0.1, 0.15) is 11.9 Å². The first-order valence-electron chi connectivity index (χ1n) is 9.31. The van der Waals surface area contributed by atoms with Crippen LogP contribution in [0.2, 0.25) is 0 Å². The maximum absolute atomic E-state index is 12.1. The molecular weight excluding hydrogens is 342 g/mol. The van der Waals surface area contributed by atoms with Gasteiger partial charge in [0.25, 0.3) is 5.91 Å². The number of hydrogen-bond donors (Lipinski definition) is 1. The Morgan fingerprint density at radius 1 is 1.22 bits per heavy atom. The molecule has 1 aromatic heterocycles. The zero-order valence-corrected chi connectivity index (χ0v) is 16.2. The first kappa shape index (κ1) is 19.2. The summed E-state index contributed by atoms with van der Waals surface area (Å²) < 4.78 is 11.5. The van der Waals surface area contributed by atoms with Gasteiger partial charge in [-0.3, -0.25) is 4.79 Å². The summed E-state index contributed by atoms with van der Waals surface area (Å²) in [5.41, 5.74) is 2.73. The number of nitrogens with zero attached hydrogens (tertiary/aromatic N) is 2. The lowest BCUT2D eigenvalue weighted by molar-refractivity contribution is -0.118. The number of nitrogens with one attached hydrogen (secondary N) is 1. The number of piperidine rings is 1. The van der Waals surface area contributed by atoms with Crippen LogP contribution in [0.5, 0.6) is 11.6 Å². The second kappa shape index (κ2) is 8.86. The summed E-state index contributed by atoms with van der Waals surface area (Å²) in [7, 11) is 2.12. The first-order chi connectivity index (χ1) is 13.0. The zero-order chi connectivity index (χ0) is 19.2. The highest BCUT2D eigenvalue weighted by molar-refractivity contribution is 5.91. The fraction of sp³-hybridized carbons (Fsp3) is 0.429. The van der Waals surface area contributed by atoms with Crippen molar-refractivity contribution in [3.8, 4) is 11.6 Å². The van der Waals surface area contributed by atoms with Crippen molar-refractivity contribution in [2.24, 2.45) is 0 Å². The maximum atomic E-state index is 12.1. The monoisotopic (exact) mass is 369 g/mol. The number of carbonyl (C=O) groups is 1. The summed E-state index contributed by atoms with van der Waals surface area (Å²) in [5, 5.41) is 2.79. The van der Waals surface area contributed by atoms with Gasteiger partial charge in [0, 0.05) is 19.2 Å². The molecular formula is C21H27N3O3. The molecule has 2 aromatic rings. The molecule has 1 aliphatic heterocycles. The molecule has 27 heavy (non-hydrogen) atoms. The van der Waals surface area contributed by atoms with Crippen LogP contribution >= 0.6 is 0 Å². The molecule has 1 N–H and O–H groups in total. The Bertz CT molecular complexity index is 769. The third-order valence-corrected chi connectivity index (χ3v) is 4.68. The third kappa shape index (κ3) is 5.69. The summed E-state index contributed by atoms with van der Waals surface area (Å²) in [6.07, 6.45) is 3.83. The summed E-state index contributed by atoms with van der Waals surface area (Å²) in [6, 6.07) is 9.52. The second-order valence-corrected chi connectivity index (χ2v) is 7.11. The number of ether oxygens (including phenoxy) is 2. The number of carbonyl (C=O) groups excluding carboxylic acids is 1. The van der Waals surface area contributed by atoms with E-state index in [4.69, 9.17) is 9.47 Å². The van der Waals surface area contributed by atoms with Crippen molar-refractivity contribution >= 4 is 11.6 Å². The largest absolute Gasteiger partial charge is 0.483 e. The summed E-state index contributed by atoms with van der Waals surface area (Å²) >= 11 is 0. The van der Waals surface area contributed by atoms with Crippen molar-refractivity contribution in [1.29, 1.82) is 0 Å². The molecule has 0 spiro atoms. The molecule has 144 valence electrons. The van der Waals surface area contributed by atoms with Crippen LogP contribution in [0.4, 0.5) is 5.69 Å². The molecule has 1 aromatic carbocycles. The zero-order valence-electron chi connectivity index (χ0n) is 16.2. The number of amides is 1. The van der Waals surface area contributed by atoms with Crippen molar-refractivity contribution in [2.45, 2.75) is 32.8 Å². The van der Waals surface area contributed by atoms with Crippen LogP contribution in [0.15, 0.2) is 36.5 Å². The summed E-state index contributed by atoms with van der Waals surface area (Å²) in [5.74, 6) is 1.10. The molecule has 3 rings (SSSR count). The van der Waals surface area contributed by atoms with E-state index < -0.39 is 0 Å². The number of aromatic nitrogens is 1. The minimum Gasteiger partial charge on any atom is -0.483 e. The minimum atomic E-state index is -0.221. The van der Waals surface area contributed by atoms with Crippen molar-refractivity contribution < 1.29 is 14.3 Å². The van der Waals surface area contributed by atoms with Gasteiger partial charge in [-0.1, -0.05) is 12.1 Å². The fourth-order valence-electron chi connectivity index (χ4n) is 3.00. The SMILES string of the molecule is Cc1ccc(C)c(OCC(=O)Nc2ccc(OC3CCN(C)CC3)nc2)c1. The van der Waals surface area contributed by atoms with E-state index in [1.54, 1.807) is 18.3 Å². The number of hydrogen-bond acceptors (Lipinski definition) is 5. The first-order valence-corrected chi connectivity index (χ1v) is 9.31. The lowest BCUT2D eigenvalue weighted by Gasteiger charge is -2.28. The van der Waals surface area contributed by atoms with Gasteiger partial charge in [-0.15, -0.1) is 0 Å². The van der Waals surface area contributed by atoms with Gasteiger partial charge in [-0.2, -0.15) is 0 Å². The van der Waals surface area contributed by atoms with Crippen LogP contribution in [0.1, 0.15) is 24.0 Å². The lowest BCUT2D eigenvalue weighted by atomic mass is 10.1. The Labute approximate surface area is 160 Å². The molecule has 0 unspecified atom stereocenters. The molecule has 6 nitrogen and oxygen atoms in total. The molecule has 1 fully saturated rings. The Kier molecular flexibility index (Phi) is 6.29. The second-order valence-electron chi connectivity index (χ2n) is 7.11. The Balaban J connectivity index is 1.47. The average Bonchev–Trinajstić information content (AvgIpc) is 2.66. The van der Waals surface area contributed by atoms with Crippen LogP contribution in [0.3, 0.4) is 0 Å². The van der Waals surface area contributed by atoms with Crippen LogP contribution in [0, 0.1) is 13.8 Å². The van der Waals surface area contributed by atoms with Crippen molar-refractivity contribution in [3.05, 3.63) is 47.7 Å². The Morgan fingerprint density at radius 2 is 2.00 bits per heavy atom. The number of anilines is 1. The van der Waals surface area contributed by atoms with E-state index in [2.05, 4.69) is 22.2 Å². The van der Waals surface area contributed by atoms with Gasteiger partial charge < -0.3 is 19.7 Å².